The molecule has 0 unspecified atom stereocenters. The molecule has 0 saturated heterocycles. The topological polar surface area (TPSA) is 61.1 Å². The first-order chi connectivity index (χ1) is 12.7. The first kappa shape index (κ1) is 15.1. The Morgan fingerprint density at radius 3 is 2.73 bits per heavy atom. The van der Waals surface area contributed by atoms with Gasteiger partial charge in [0.05, 0.1) is 12.1 Å². The van der Waals surface area contributed by atoms with E-state index < -0.39 is 0 Å². The zero-order chi connectivity index (χ0) is 17.7. The minimum absolute atomic E-state index is 0.244. The van der Waals surface area contributed by atoms with Crippen molar-refractivity contribution in [3.63, 3.8) is 0 Å². The first-order valence-corrected chi connectivity index (χ1v) is 8.59. The third-order valence-corrected chi connectivity index (χ3v) is 4.89. The summed E-state index contributed by atoms with van der Waals surface area (Å²) in [6.07, 6.45) is 0.771. The molecule has 132 valence electrons. The van der Waals surface area contributed by atoms with Crippen molar-refractivity contribution in [2.24, 2.45) is 0 Å². The van der Waals surface area contributed by atoms with E-state index in [-0.39, 0.29) is 12.4 Å². The van der Waals surface area contributed by atoms with Crippen LogP contribution in [0.25, 0.3) is 11.0 Å². The second kappa shape index (κ2) is 5.69. The van der Waals surface area contributed by atoms with Gasteiger partial charge in [-0.15, -0.1) is 0 Å². The Hall–Kier alpha value is -3.15. The fourth-order valence-electron chi connectivity index (χ4n) is 3.54. The lowest BCUT2D eigenvalue weighted by molar-refractivity contribution is 0.174. The summed E-state index contributed by atoms with van der Waals surface area (Å²) in [4.78, 5) is 14.0. The maximum atomic E-state index is 12.0. The van der Waals surface area contributed by atoms with Crippen molar-refractivity contribution in [2.45, 2.75) is 19.9 Å². The molecule has 3 heterocycles. The normalized spacial score (nSPS) is 15.0. The van der Waals surface area contributed by atoms with Gasteiger partial charge in [-0.25, -0.2) is 4.79 Å². The highest BCUT2D eigenvalue weighted by Gasteiger charge is 2.24. The number of nitrogens with zero attached hydrogens (tertiary/aromatic N) is 1. The van der Waals surface area contributed by atoms with E-state index in [4.69, 9.17) is 18.6 Å². The third-order valence-electron chi connectivity index (χ3n) is 4.89. The van der Waals surface area contributed by atoms with E-state index in [9.17, 15) is 4.79 Å². The van der Waals surface area contributed by atoms with Crippen LogP contribution in [0, 0.1) is 0 Å². The highest BCUT2D eigenvalue weighted by atomic mass is 16.7. The molecule has 5 rings (SSSR count). The maximum Gasteiger partial charge on any atom is 0.336 e. The molecule has 2 aromatic carbocycles. The molecule has 6 heteroatoms. The maximum absolute atomic E-state index is 12.0. The van der Waals surface area contributed by atoms with Gasteiger partial charge in [0.25, 0.3) is 0 Å². The van der Waals surface area contributed by atoms with Crippen LogP contribution in [-0.4, -0.2) is 13.5 Å². The minimum Gasteiger partial charge on any atom is -0.473 e. The molecule has 0 amide bonds. The molecule has 6 nitrogen and oxygen atoms in total. The van der Waals surface area contributed by atoms with Crippen molar-refractivity contribution in [3.05, 3.63) is 57.9 Å². The van der Waals surface area contributed by atoms with Crippen LogP contribution in [0.15, 0.2) is 45.6 Å². The van der Waals surface area contributed by atoms with Gasteiger partial charge in [-0.3, -0.25) is 0 Å². The predicted octanol–water partition coefficient (Wildman–Crippen LogP) is 3.44. The molecule has 0 atom stereocenters. The van der Waals surface area contributed by atoms with E-state index in [1.807, 2.05) is 37.3 Å². The molecule has 2 aliphatic heterocycles. The lowest BCUT2D eigenvalue weighted by Crippen LogP contribution is -2.32. The third kappa shape index (κ3) is 2.29. The fourth-order valence-corrected chi connectivity index (χ4v) is 3.54. The fraction of sp³-hybridized carbons (Fsp3) is 0.250. The van der Waals surface area contributed by atoms with Gasteiger partial charge in [-0.2, -0.15) is 0 Å². The summed E-state index contributed by atoms with van der Waals surface area (Å²) in [5.74, 6) is 2.23. The van der Waals surface area contributed by atoms with Gasteiger partial charge < -0.3 is 23.5 Å². The van der Waals surface area contributed by atoms with Crippen LogP contribution in [0.1, 0.15) is 18.1 Å². The summed E-state index contributed by atoms with van der Waals surface area (Å²) in [6.45, 7) is 3.27. The molecule has 1 aromatic heterocycles. The standard InChI is InChI=1S/C20H17NO5/c1-2-12-7-19(22)26-20-14(12)4-6-16-15(20)9-21(10-23-16)13-3-5-17-18(8-13)25-11-24-17/h3-8H,2,9-11H2,1H3. The summed E-state index contributed by atoms with van der Waals surface area (Å²) < 4.78 is 22.3. The molecule has 2 aliphatic rings. The lowest BCUT2D eigenvalue weighted by atomic mass is 10.0. The molecule has 0 fully saturated rings. The van der Waals surface area contributed by atoms with E-state index in [0.717, 1.165) is 45.9 Å². The first-order valence-electron chi connectivity index (χ1n) is 8.59. The summed E-state index contributed by atoms with van der Waals surface area (Å²) >= 11 is 0. The molecule has 0 aliphatic carbocycles. The molecule has 0 N–H and O–H groups in total. The largest absolute Gasteiger partial charge is 0.473 e. The smallest absolute Gasteiger partial charge is 0.336 e. The van der Waals surface area contributed by atoms with E-state index >= 15 is 0 Å². The van der Waals surface area contributed by atoms with E-state index in [2.05, 4.69) is 4.90 Å². The molecule has 0 saturated carbocycles. The highest BCUT2D eigenvalue weighted by Crippen LogP contribution is 2.39. The Balaban J connectivity index is 1.59. The van der Waals surface area contributed by atoms with Gasteiger partial charge in [0.1, 0.15) is 11.3 Å². The number of benzene rings is 2. The number of hydrogen-bond donors (Lipinski definition) is 0. The Labute approximate surface area is 149 Å². The monoisotopic (exact) mass is 351 g/mol. The number of hydrogen-bond acceptors (Lipinski definition) is 6. The van der Waals surface area contributed by atoms with Crippen LogP contribution >= 0.6 is 0 Å². The van der Waals surface area contributed by atoms with Crippen molar-refractivity contribution < 1.29 is 18.6 Å². The van der Waals surface area contributed by atoms with Crippen molar-refractivity contribution in [3.8, 4) is 17.2 Å². The minimum atomic E-state index is -0.331. The van der Waals surface area contributed by atoms with Crippen LogP contribution in [0.2, 0.25) is 0 Å². The lowest BCUT2D eigenvalue weighted by Gasteiger charge is -2.31. The quantitative estimate of drug-likeness (QED) is 0.659. The Morgan fingerprint density at radius 1 is 1.00 bits per heavy atom. The van der Waals surface area contributed by atoms with Crippen molar-refractivity contribution in [2.75, 3.05) is 18.4 Å². The zero-order valence-corrected chi connectivity index (χ0v) is 14.3. The van der Waals surface area contributed by atoms with Crippen molar-refractivity contribution in [1.29, 1.82) is 0 Å². The molecular formula is C20H17NO5. The summed E-state index contributed by atoms with van der Waals surface area (Å²) in [5, 5.41) is 0.960. The van der Waals surface area contributed by atoms with Crippen LogP contribution in [0.4, 0.5) is 5.69 Å². The average molecular weight is 351 g/mol. The molecule has 0 bridgehead atoms. The molecule has 26 heavy (non-hydrogen) atoms. The Kier molecular flexibility index (Phi) is 3.31. The number of anilines is 1. The Morgan fingerprint density at radius 2 is 1.85 bits per heavy atom. The van der Waals surface area contributed by atoms with Crippen molar-refractivity contribution >= 4 is 16.7 Å². The number of ether oxygens (including phenoxy) is 3. The number of fused-ring (bicyclic) bond motifs is 4. The van der Waals surface area contributed by atoms with E-state index in [1.54, 1.807) is 6.07 Å². The number of aryl methyl sites for hydroxylation is 1. The van der Waals surface area contributed by atoms with Gasteiger partial charge >= 0.3 is 5.63 Å². The SMILES string of the molecule is CCc1cc(=O)oc2c3c(ccc12)OCN(c1ccc2c(c1)OCO2)C3. The second-order valence-electron chi connectivity index (χ2n) is 6.37. The van der Waals surface area contributed by atoms with Crippen LogP contribution in [0.5, 0.6) is 17.2 Å². The zero-order valence-electron chi connectivity index (χ0n) is 14.3. The Bertz CT molecular complexity index is 1070. The molecular weight excluding hydrogens is 334 g/mol. The highest BCUT2D eigenvalue weighted by molar-refractivity contribution is 5.85. The average Bonchev–Trinajstić information content (AvgIpc) is 3.14. The van der Waals surface area contributed by atoms with Crippen LogP contribution in [-0.2, 0) is 13.0 Å². The summed E-state index contributed by atoms with van der Waals surface area (Å²) in [7, 11) is 0. The van der Waals surface area contributed by atoms with E-state index in [0.29, 0.717) is 18.9 Å². The van der Waals surface area contributed by atoms with Crippen molar-refractivity contribution in [1.82, 2.24) is 0 Å². The predicted molar refractivity (Wildman–Crippen MR) is 96.1 cm³/mol. The molecule has 0 spiro atoms. The second-order valence-corrected chi connectivity index (χ2v) is 6.37. The van der Waals surface area contributed by atoms with Crippen LogP contribution < -0.4 is 24.7 Å². The van der Waals surface area contributed by atoms with Gasteiger partial charge in [0, 0.05) is 23.2 Å². The van der Waals surface area contributed by atoms with Gasteiger partial charge in [-0.05, 0) is 36.2 Å². The van der Waals surface area contributed by atoms with Gasteiger partial charge in [-0.1, -0.05) is 6.92 Å². The van der Waals surface area contributed by atoms with Gasteiger partial charge in [0.2, 0.25) is 6.79 Å². The van der Waals surface area contributed by atoms with E-state index in [1.165, 1.54) is 0 Å². The van der Waals surface area contributed by atoms with Crippen LogP contribution in [0.3, 0.4) is 0 Å². The summed E-state index contributed by atoms with van der Waals surface area (Å²) in [6, 6.07) is 11.3. The number of rotatable bonds is 2. The molecule has 0 radical (unpaired) electrons. The van der Waals surface area contributed by atoms with Gasteiger partial charge in [0.15, 0.2) is 18.2 Å². The summed E-state index contributed by atoms with van der Waals surface area (Å²) in [5.41, 5.74) is 3.12. The molecule has 3 aromatic rings.